The Hall–Kier alpha value is -0.240. The minimum absolute atomic E-state index is 0.0189. The molecule has 0 heterocycles. The van der Waals surface area contributed by atoms with Gasteiger partial charge in [-0.2, -0.15) is 0 Å². The van der Waals surface area contributed by atoms with E-state index in [1.165, 1.54) is 0 Å². The molecular weight excluding hydrogens is 174 g/mol. The van der Waals surface area contributed by atoms with Crippen molar-refractivity contribution in [2.45, 2.75) is 32.1 Å². The van der Waals surface area contributed by atoms with Crippen molar-refractivity contribution in [1.82, 2.24) is 4.90 Å². The van der Waals surface area contributed by atoms with Gasteiger partial charge in [0.15, 0.2) is 0 Å². The van der Waals surface area contributed by atoms with Gasteiger partial charge in [0.05, 0.1) is 0 Å². The number of nitrogens with zero attached hydrogens (tertiary/aromatic N) is 1. The van der Waals surface area contributed by atoms with Crippen LogP contribution >= 0.6 is 11.6 Å². The van der Waals surface area contributed by atoms with Gasteiger partial charge >= 0.3 is 0 Å². The topological polar surface area (TPSA) is 20.3 Å². The van der Waals surface area contributed by atoms with Gasteiger partial charge in [-0.25, -0.2) is 0 Å². The number of hydrogen-bond acceptors (Lipinski definition) is 1. The van der Waals surface area contributed by atoms with Gasteiger partial charge in [-0.05, 0) is 5.92 Å². The molecule has 0 aromatic rings. The summed E-state index contributed by atoms with van der Waals surface area (Å²) in [5.74, 6) is 0.326. The second-order valence-electron chi connectivity index (χ2n) is 3.21. The summed E-state index contributed by atoms with van der Waals surface area (Å²) < 4.78 is 0. The van der Waals surface area contributed by atoms with E-state index < -0.39 is 0 Å². The molecule has 0 aliphatic carbocycles. The Bertz CT molecular complexity index is 143. The zero-order valence-electron chi connectivity index (χ0n) is 8.30. The van der Waals surface area contributed by atoms with Crippen molar-refractivity contribution in [3.05, 3.63) is 0 Å². The highest BCUT2D eigenvalue weighted by Crippen LogP contribution is 2.19. The molecule has 0 bridgehead atoms. The van der Waals surface area contributed by atoms with Crippen molar-refractivity contribution in [3.63, 3.8) is 0 Å². The van der Waals surface area contributed by atoms with Crippen LogP contribution in [0.4, 0.5) is 0 Å². The van der Waals surface area contributed by atoms with Crippen LogP contribution in [0.2, 0.25) is 0 Å². The Morgan fingerprint density at radius 3 is 2.00 bits per heavy atom. The second kappa shape index (κ2) is 5.41. The summed E-state index contributed by atoms with van der Waals surface area (Å²) in [6, 6.07) is 0. The van der Waals surface area contributed by atoms with Crippen molar-refractivity contribution in [2.75, 3.05) is 14.1 Å². The molecule has 3 heteroatoms. The number of halogens is 1. The fourth-order valence-corrected chi connectivity index (χ4v) is 1.70. The molecule has 0 rings (SSSR count). The lowest BCUT2D eigenvalue weighted by Gasteiger charge is -2.21. The Balaban J connectivity index is 4.15. The van der Waals surface area contributed by atoms with Crippen molar-refractivity contribution in [1.29, 1.82) is 0 Å². The van der Waals surface area contributed by atoms with Crippen LogP contribution in [0.15, 0.2) is 0 Å². The molecule has 1 unspecified atom stereocenters. The number of amides is 1. The highest BCUT2D eigenvalue weighted by atomic mass is 35.5. The highest BCUT2D eigenvalue weighted by molar-refractivity contribution is 6.30. The molecule has 0 aliphatic rings. The molecule has 1 amide bonds. The van der Waals surface area contributed by atoms with Crippen LogP contribution < -0.4 is 0 Å². The quantitative estimate of drug-likeness (QED) is 0.624. The number of carbonyl (C=O) groups excluding carboxylic acids is 1. The molecule has 72 valence electrons. The molecule has 1 atom stereocenters. The van der Waals surface area contributed by atoms with Crippen molar-refractivity contribution in [2.24, 2.45) is 5.92 Å². The highest BCUT2D eigenvalue weighted by Gasteiger charge is 2.24. The molecule has 0 aromatic heterocycles. The molecule has 0 aliphatic heterocycles. The van der Waals surface area contributed by atoms with Gasteiger partial charge in [-0.15, -0.1) is 11.6 Å². The lowest BCUT2D eigenvalue weighted by atomic mass is 9.98. The first-order valence-electron chi connectivity index (χ1n) is 4.39. The summed E-state index contributed by atoms with van der Waals surface area (Å²) in [7, 11) is 3.47. The van der Waals surface area contributed by atoms with Crippen LogP contribution in [0.25, 0.3) is 0 Å². The Kier molecular flexibility index (Phi) is 5.31. The molecule has 12 heavy (non-hydrogen) atoms. The smallest absolute Gasteiger partial charge is 0.240 e. The molecule has 0 saturated carbocycles. The van der Waals surface area contributed by atoms with Gasteiger partial charge in [-0.1, -0.05) is 26.7 Å². The summed E-state index contributed by atoms with van der Waals surface area (Å²) in [4.78, 5) is 12.9. The minimum Gasteiger partial charge on any atom is -0.348 e. The van der Waals surface area contributed by atoms with E-state index in [9.17, 15) is 4.79 Å². The van der Waals surface area contributed by atoms with Crippen molar-refractivity contribution < 1.29 is 4.79 Å². The second-order valence-corrected chi connectivity index (χ2v) is 3.68. The lowest BCUT2D eigenvalue weighted by molar-refractivity contribution is -0.129. The van der Waals surface area contributed by atoms with Gasteiger partial charge in [0, 0.05) is 14.1 Å². The summed E-state index contributed by atoms with van der Waals surface area (Å²) in [6.07, 6.45) is 1.93. The molecule has 0 aromatic carbocycles. The molecular formula is C9H18ClNO. The third-order valence-electron chi connectivity index (χ3n) is 2.14. The van der Waals surface area contributed by atoms with Crippen LogP contribution in [0.1, 0.15) is 26.7 Å². The van der Waals surface area contributed by atoms with Gasteiger partial charge in [0.25, 0.3) is 0 Å². The summed E-state index contributed by atoms with van der Waals surface area (Å²) >= 11 is 6.00. The first-order chi connectivity index (χ1) is 5.54. The molecule has 0 N–H and O–H groups in total. The normalized spacial score (nSPS) is 13.2. The number of rotatable bonds is 4. The first kappa shape index (κ1) is 11.8. The van der Waals surface area contributed by atoms with Crippen molar-refractivity contribution in [3.8, 4) is 0 Å². The van der Waals surface area contributed by atoms with Crippen LogP contribution in [0.3, 0.4) is 0 Å². The SMILES string of the molecule is CCC(CC)C(Cl)C(=O)N(C)C. The number of hydrogen-bond donors (Lipinski definition) is 0. The van der Waals surface area contributed by atoms with Gasteiger partial charge in [0.2, 0.25) is 5.91 Å². The zero-order chi connectivity index (χ0) is 9.72. The molecule has 0 saturated heterocycles. The Morgan fingerprint density at radius 2 is 1.75 bits per heavy atom. The maximum atomic E-state index is 11.4. The van der Waals surface area contributed by atoms with Gasteiger partial charge in [-0.3, -0.25) is 4.79 Å². The van der Waals surface area contributed by atoms with Crippen molar-refractivity contribution >= 4 is 17.5 Å². The fraction of sp³-hybridized carbons (Fsp3) is 0.889. The predicted octanol–water partition coefficient (Wildman–Crippen LogP) is 2.12. The first-order valence-corrected chi connectivity index (χ1v) is 4.83. The number of alkyl halides is 1. The predicted molar refractivity (Wildman–Crippen MR) is 52.4 cm³/mol. The van der Waals surface area contributed by atoms with E-state index in [-0.39, 0.29) is 11.3 Å². The van der Waals surface area contributed by atoms with E-state index >= 15 is 0 Å². The Labute approximate surface area is 79.9 Å². The third kappa shape index (κ3) is 3.02. The average Bonchev–Trinajstić information content (AvgIpc) is 2.05. The van der Waals surface area contributed by atoms with Gasteiger partial charge in [0.1, 0.15) is 5.38 Å². The maximum absolute atomic E-state index is 11.4. The zero-order valence-corrected chi connectivity index (χ0v) is 9.06. The monoisotopic (exact) mass is 191 g/mol. The van der Waals surface area contributed by atoms with E-state index in [1.54, 1.807) is 19.0 Å². The number of carbonyl (C=O) groups is 1. The van der Waals surface area contributed by atoms with Crippen LogP contribution in [-0.2, 0) is 4.79 Å². The molecule has 2 nitrogen and oxygen atoms in total. The molecule has 0 fully saturated rings. The minimum atomic E-state index is -0.352. The molecule has 0 spiro atoms. The van der Waals surface area contributed by atoms with E-state index in [4.69, 9.17) is 11.6 Å². The van der Waals surface area contributed by atoms with E-state index in [1.807, 2.05) is 0 Å². The van der Waals surface area contributed by atoms with E-state index in [0.29, 0.717) is 5.92 Å². The van der Waals surface area contributed by atoms with Crippen LogP contribution in [-0.4, -0.2) is 30.3 Å². The summed E-state index contributed by atoms with van der Waals surface area (Å²) in [5, 5.41) is -0.352. The summed E-state index contributed by atoms with van der Waals surface area (Å²) in [5.41, 5.74) is 0. The van der Waals surface area contributed by atoms with Gasteiger partial charge < -0.3 is 4.90 Å². The van der Waals surface area contributed by atoms with E-state index in [2.05, 4.69) is 13.8 Å². The maximum Gasteiger partial charge on any atom is 0.240 e. The largest absolute Gasteiger partial charge is 0.348 e. The average molecular weight is 192 g/mol. The van der Waals surface area contributed by atoms with Crippen LogP contribution in [0.5, 0.6) is 0 Å². The molecule has 0 radical (unpaired) electrons. The lowest BCUT2D eigenvalue weighted by Crippen LogP contribution is -2.34. The third-order valence-corrected chi connectivity index (χ3v) is 2.68. The Morgan fingerprint density at radius 1 is 1.33 bits per heavy atom. The van der Waals surface area contributed by atoms with Crippen LogP contribution in [0, 0.1) is 5.92 Å². The van der Waals surface area contributed by atoms with E-state index in [0.717, 1.165) is 12.8 Å². The summed E-state index contributed by atoms with van der Waals surface area (Å²) in [6.45, 7) is 4.12. The standard InChI is InChI=1S/C9H18ClNO/c1-5-7(6-2)8(10)9(12)11(3)4/h7-8H,5-6H2,1-4H3. The fourth-order valence-electron chi connectivity index (χ4n) is 1.15.